The highest BCUT2D eigenvalue weighted by atomic mass is 32.1. The molecule has 10 nitrogen and oxygen atoms in total. The van der Waals surface area contributed by atoms with Gasteiger partial charge in [0.1, 0.15) is 10.9 Å². The van der Waals surface area contributed by atoms with Crippen LogP contribution in [0.15, 0.2) is 42.5 Å². The first-order valence-electron chi connectivity index (χ1n) is 12.0. The average molecular weight is 540 g/mol. The number of nitrogens with one attached hydrogen (secondary N) is 1. The highest BCUT2D eigenvalue weighted by Crippen LogP contribution is 2.37. The maximum Gasteiger partial charge on any atom is 0.273 e. The molecule has 0 bridgehead atoms. The second-order valence-electron chi connectivity index (χ2n) is 9.14. The summed E-state index contributed by atoms with van der Waals surface area (Å²) >= 11 is 0.756. The summed E-state index contributed by atoms with van der Waals surface area (Å²) in [4.78, 5) is 41.1. The number of rotatable bonds is 11. The number of primary amides is 1. The minimum atomic E-state index is -1.12. The van der Waals surface area contributed by atoms with Gasteiger partial charge in [0.2, 0.25) is 5.91 Å². The maximum absolute atomic E-state index is 14.1. The second kappa shape index (κ2) is 12.4. The van der Waals surface area contributed by atoms with Gasteiger partial charge in [0.15, 0.2) is 17.2 Å². The molecule has 0 aliphatic carbocycles. The van der Waals surface area contributed by atoms with Gasteiger partial charge in [-0.15, -0.1) is 0 Å². The fourth-order valence-electron chi connectivity index (χ4n) is 3.92. The molecule has 0 radical (unpaired) electrons. The third kappa shape index (κ3) is 6.23. The van der Waals surface area contributed by atoms with Crippen LogP contribution in [0.1, 0.15) is 57.6 Å². The largest absolute Gasteiger partial charge is 0.493 e. The lowest BCUT2D eigenvalue weighted by Gasteiger charge is -2.32. The van der Waals surface area contributed by atoms with Crippen LogP contribution in [0.3, 0.4) is 0 Å². The Morgan fingerprint density at radius 2 is 1.79 bits per heavy atom. The van der Waals surface area contributed by atoms with Crippen molar-refractivity contribution in [1.82, 2.24) is 9.69 Å². The molecule has 0 fully saturated rings. The van der Waals surface area contributed by atoms with E-state index in [1.807, 2.05) is 13.0 Å². The van der Waals surface area contributed by atoms with Crippen molar-refractivity contribution in [3.8, 4) is 11.5 Å². The Balaban J connectivity index is 2.22. The molecule has 0 aliphatic rings. The van der Waals surface area contributed by atoms with Gasteiger partial charge < -0.3 is 26.3 Å². The number of nitrogens with two attached hydrogens (primary N) is 2. The van der Waals surface area contributed by atoms with Crippen molar-refractivity contribution >= 4 is 40.6 Å². The number of carbonyl (C=O) groups is 3. The number of ether oxygens (including phenoxy) is 2. The molecule has 1 heterocycles. The Hall–Kier alpha value is -4.12. The Morgan fingerprint density at radius 3 is 2.37 bits per heavy atom. The van der Waals surface area contributed by atoms with E-state index in [0.717, 1.165) is 23.5 Å². The third-order valence-corrected chi connectivity index (χ3v) is 6.76. The SMILES string of the molecule is COc1ccc([C@@H](C(=O)NCCC(C)C)N(C(=O)c2snc(C(N)=O)c2N)c2cccc(C)c2)cc1OC. The molecular weight excluding hydrogens is 506 g/mol. The first-order valence-corrected chi connectivity index (χ1v) is 12.8. The van der Waals surface area contributed by atoms with Crippen LogP contribution in [0.4, 0.5) is 11.4 Å². The molecule has 0 saturated heterocycles. The summed E-state index contributed by atoms with van der Waals surface area (Å²) in [6.45, 7) is 6.42. The summed E-state index contributed by atoms with van der Waals surface area (Å²) < 4.78 is 14.8. The molecule has 202 valence electrons. The number of hydrogen-bond acceptors (Lipinski definition) is 8. The monoisotopic (exact) mass is 539 g/mol. The van der Waals surface area contributed by atoms with E-state index in [-0.39, 0.29) is 16.3 Å². The standard InChI is InChI=1S/C27H33N5O5S/c1-15(2)11-12-30-26(34)23(17-9-10-19(36-4)20(14-17)37-5)32(18-8-6-7-16(3)13-18)27(35)24-21(28)22(25(29)33)31-38-24/h6-10,13-15,23H,11-12,28H2,1-5H3,(H2,29,33)(H,30,34)/t23-/m0/s1. The van der Waals surface area contributed by atoms with Gasteiger partial charge in [-0.05, 0) is 66.2 Å². The van der Waals surface area contributed by atoms with Crippen LogP contribution >= 0.6 is 11.5 Å². The molecule has 1 atom stereocenters. The molecule has 0 saturated carbocycles. The quantitative estimate of drug-likeness (QED) is 0.336. The summed E-state index contributed by atoms with van der Waals surface area (Å²) in [6.07, 6.45) is 0.756. The van der Waals surface area contributed by atoms with Gasteiger partial charge in [0.25, 0.3) is 11.8 Å². The maximum atomic E-state index is 14.1. The van der Waals surface area contributed by atoms with Crippen molar-refractivity contribution in [2.24, 2.45) is 11.7 Å². The minimum Gasteiger partial charge on any atom is -0.493 e. The Bertz CT molecular complexity index is 1320. The molecular formula is C27H33N5O5S. The second-order valence-corrected chi connectivity index (χ2v) is 9.92. The first-order chi connectivity index (χ1) is 18.1. The normalized spacial score (nSPS) is 11.6. The van der Waals surface area contributed by atoms with E-state index in [1.54, 1.807) is 36.4 Å². The Kier molecular flexibility index (Phi) is 9.30. The lowest BCUT2D eigenvalue weighted by molar-refractivity contribution is -0.122. The molecule has 5 N–H and O–H groups in total. The number of carbonyl (C=O) groups excluding carboxylic acids is 3. The van der Waals surface area contributed by atoms with Gasteiger partial charge in [-0.25, -0.2) is 0 Å². The highest BCUT2D eigenvalue weighted by Gasteiger charge is 2.36. The summed E-state index contributed by atoms with van der Waals surface area (Å²) in [5, 5.41) is 2.97. The number of aryl methyl sites for hydroxylation is 1. The average Bonchev–Trinajstić information content (AvgIpc) is 3.27. The molecule has 3 rings (SSSR count). The molecule has 0 unspecified atom stereocenters. The number of aromatic nitrogens is 1. The zero-order chi connectivity index (χ0) is 28.0. The van der Waals surface area contributed by atoms with Crippen molar-refractivity contribution in [1.29, 1.82) is 0 Å². The Morgan fingerprint density at radius 1 is 1.08 bits per heavy atom. The summed E-state index contributed by atoms with van der Waals surface area (Å²) in [7, 11) is 3.01. The number of benzene rings is 2. The van der Waals surface area contributed by atoms with Crippen molar-refractivity contribution in [2.45, 2.75) is 33.2 Å². The van der Waals surface area contributed by atoms with Crippen LogP contribution in [-0.2, 0) is 4.79 Å². The fourth-order valence-corrected chi connectivity index (χ4v) is 4.66. The number of anilines is 2. The molecule has 1 aromatic heterocycles. The van der Waals surface area contributed by atoms with Gasteiger partial charge in [-0.2, -0.15) is 4.37 Å². The number of methoxy groups -OCH3 is 2. The van der Waals surface area contributed by atoms with Gasteiger partial charge in [0, 0.05) is 12.2 Å². The van der Waals surface area contributed by atoms with Crippen LogP contribution in [0.5, 0.6) is 11.5 Å². The zero-order valence-corrected chi connectivity index (χ0v) is 22.9. The van der Waals surface area contributed by atoms with E-state index in [4.69, 9.17) is 20.9 Å². The molecule has 0 aliphatic heterocycles. The molecule has 3 aromatic rings. The van der Waals surface area contributed by atoms with E-state index >= 15 is 0 Å². The first kappa shape index (κ1) is 28.5. The van der Waals surface area contributed by atoms with E-state index in [2.05, 4.69) is 23.5 Å². The summed E-state index contributed by atoms with van der Waals surface area (Å²) in [5.74, 6) is -0.601. The van der Waals surface area contributed by atoms with Crippen molar-refractivity contribution in [3.63, 3.8) is 0 Å². The number of nitrogens with zero attached hydrogens (tertiary/aromatic N) is 2. The zero-order valence-electron chi connectivity index (χ0n) is 22.1. The van der Waals surface area contributed by atoms with Crippen LogP contribution in [0, 0.1) is 12.8 Å². The van der Waals surface area contributed by atoms with Gasteiger partial charge in [0.05, 0.1) is 19.9 Å². The van der Waals surface area contributed by atoms with Crippen LogP contribution in [0.25, 0.3) is 0 Å². The lowest BCUT2D eigenvalue weighted by atomic mass is 10.0. The fraction of sp³-hybridized carbons (Fsp3) is 0.333. The smallest absolute Gasteiger partial charge is 0.273 e. The van der Waals surface area contributed by atoms with Crippen LogP contribution in [0.2, 0.25) is 0 Å². The van der Waals surface area contributed by atoms with Crippen molar-refractivity contribution < 1.29 is 23.9 Å². The molecule has 0 spiro atoms. The van der Waals surface area contributed by atoms with E-state index < -0.39 is 23.8 Å². The van der Waals surface area contributed by atoms with Crippen LogP contribution < -0.4 is 31.2 Å². The summed E-state index contributed by atoms with van der Waals surface area (Å²) in [6, 6.07) is 11.1. The number of hydrogen-bond donors (Lipinski definition) is 3. The van der Waals surface area contributed by atoms with Gasteiger partial charge in [-0.3, -0.25) is 19.3 Å². The van der Waals surface area contributed by atoms with E-state index in [0.29, 0.717) is 35.2 Å². The van der Waals surface area contributed by atoms with Gasteiger partial charge in [-0.1, -0.05) is 32.0 Å². The van der Waals surface area contributed by atoms with E-state index in [9.17, 15) is 14.4 Å². The molecule has 11 heteroatoms. The van der Waals surface area contributed by atoms with Crippen LogP contribution in [-0.4, -0.2) is 42.9 Å². The number of amides is 3. The minimum absolute atomic E-state index is 0.000707. The van der Waals surface area contributed by atoms with E-state index in [1.165, 1.54) is 19.1 Å². The highest BCUT2D eigenvalue weighted by molar-refractivity contribution is 7.09. The van der Waals surface area contributed by atoms with Gasteiger partial charge >= 0.3 is 0 Å². The third-order valence-electron chi connectivity index (χ3n) is 5.91. The Labute approximate surface area is 226 Å². The lowest BCUT2D eigenvalue weighted by Crippen LogP contribution is -2.44. The predicted molar refractivity (Wildman–Crippen MR) is 148 cm³/mol. The number of nitrogen functional groups attached to an aromatic ring is 1. The van der Waals surface area contributed by atoms with Crippen molar-refractivity contribution in [2.75, 3.05) is 31.4 Å². The predicted octanol–water partition coefficient (Wildman–Crippen LogP) is 3.70. The molecule has 3 amide bonds. The topological polar surface area (TPSA) is 150 Å². The van der Waals surface area contributed by atoms with Crippen molar-refractivity contribution in [3.05, 3.63) is 64.2 Å². The molecule has 2 aromatic carbocycles. The molecule has 38 heavy (non-hydrogen) atoms. The summed E-state index contributed by atoms with van der Waals surface area (Å²) in [5.41, 5.74) is 13.0.